The molecular formula is C20H28ClN5O. The van der Waals surface area contributed by atoms with Crippen molar-refractivity contribution < 1.29 is 4.79 Å². The summed E-state index contributed by atoms with van der Waals surface area (Å²) < 4.78 is 0. The van der Waals surface area contributed by atoms with E-state index >= 15 is 0 Å². The number of hydrogen-bond acceptors (Lipinski definition) is 4. The number of likely N-dealkylation sites (tertiary alicyclic amines) is 1. The van der Waals surface area contributed by atoms with Crippen LogP contribution in [0.15, 0.2) is 30.3 Å². The summed E-state index contributed by atoms with van der Waals surface area (Å²) in [6.45, 7) is 3.83. The van der Waals surface area contributed by atoms with Gasteiger partial charge in [-0.3, -0.25) is 9.89 Å². The molecule has 6 nitrogen and oxygen atoms in total. The molecule has 2 aliphatic heterocycles. The zero-order valence-electron chi connectivity index (χ0n) is 15.6. The number of amides is 1. The largest absolute Gasteiger partial charge is 0.343 e. The molecule has 1 amide bonds. The van der Waals surface area contributed by atoms with Gasteiger partial charge < -0.3 is 10.2 Å². The highest BCUT2D eigenvalue weighted by Crippen LogP contribution is 2.27. The standard InChI is InChI=1S/C20H27N5O.ClH/c26-18(7-6-15-8-11-21-14-15)25-12-9-17(10-13-25)20-22-19(23-24-20)16-4-2-1-3-5-16;/h1-5,15,17,21H,6-14H2,(H,22,23,24);1H. The summed E-state index contributed by atoms with van der Waals surface area (Å²) in [7, 11) is 0. The Hall–Kier alpha value is -1.92. The Kier molecular flexibility index (Phi) is 6.85. The Bertz CT molecular complexity index is 721. The SMILES string of the molecule is Cl.O=C(CCC1CCNC1)N1CCC(c2nc(-c3ccccc3)n[nH]2)CC1. The quantitative estimate of drug-likeness (QED) is 0.824. The molecule has 2 fully saturated rings. The van der Waals surface area contributed by atoms with Crippen LogP contribution in [0.5, 0.6) is 0 Å². The number of hydrogen-bond donors (Lipinski definition) is 2. The second-order valence-electron chi connectivity index (χ2n) is 7.46. The normalized spacial score (nSPS) is 20.4. The van der Waals surface area contributed by atoms with Crippen LogP contribution in [0.25, 0.3) is 11.4 Å². The van der Waals surface area contributed by atoms with E-state index in [0.29, 0.717) is 24.2 Å². The molecule has 2 aromatic rings. The lowest BCUT2D eigenvalue weighted by Crippen LogP contribution is -2.38. The summed E-state index contributed by atoms with van der Waals surface area (Å²) in [5.74, 6) is 3.07. The van der Waals surface area contributed by atoms with Crippen molar-refractivity contribution >= 4 is 18.3 Å². The molecule has 1 aromatic carbocycles. The maximum absolute atomic E-state index is 12.5. The number of rotatable bonds is 5. The molecule has 146 valence electrons. The van der Waals surface area contributed by atoms with Gasteiger partial charge in [0.15, 0.2) is 5.82 Å². The third-order valence-corrected chi connectivity index (χ3v) is 5.70. The van der Waals surface area contributed by atoms with Crippen LogP contribution < -0.4 is 5.32 Å². The molecule has 0 radical (unpaired) electrons. The number of benzene rings is 1. The number of piperidine rings is 1. The molecular weight excluding hydrogens is 362 g/mol. The maximum Gasteiger partial charge on any atom is 0.222 e. The summed E-state index contributed by atoms with van der Waals surface area (Å²) >= 11 is 0. The molecule has 3 heterocycles. The van der Waals surface area contributed by atoms with E-state index in [1.807, 2.05) is 35.2 Å². The van der Waals surface area contributed by atoms with Gasteiger partial charge in [0.05, 0.1) is 0 Å². The van der Waals surface area contributed by atoms with Gasteiger partial charge in [-0.05, 0) is 44.7 Å². The predicted octanol–water partition coefficient (Wildman–Crippen LogP) is 2.99. The van der Waals surface area contributed by atoms with Crippen molar-refractivity contribution in [1.29, 1.82) is 0 Å². The summed E-state index contributed by atoms with van der Waals surface area (Å²) in [6, 6.07) is 10.0. The van der Waals surface area contributed by atoms with Crippen molar-refractivity contribution in [3.8, 4) is 11.4 Å². The lowest BCUT2D eigenvalue weighted by molar-refractivity contribution is -0.132. The zero-order valence-corrected chi connectivity index (χ0v) is 16.4. The van der Waals surface area contributed by atoms with Gasteiger partial charge in [0.1, 0.15) is 5.82 Å². The van der Waals surface area contributed by atoms with Crippen LogP contribution in [0.4, 0.5) is 0 Å². The van der Waals surface area contributed by atoms with Crippen LogP contribution in [0, 0.1) is 5.92 Å². The van der Waals surface area contributed by atoms with Crippen molar-refractivity contribution in [2.24, 2.45) is 5.92 Å². The van der Waals surface area contributed by atoms with Crippen molar-refractivity contribution in [2.75, 3.05) is 26.2 Å². The van der Waals surface area contributed by atoms with E-state index in [1.54, 1.807) is 0 Å². The van der Waals surface area contributed by atoms with Crippen LogP contribution in [0.2, 0.25) is 0 Å². The van der Waals surface area contributed by atoms with Gasteiger partial charge in [0, 0.05) is 31.0 Å². The zero-order chi connectivity index (χ0) is 17.8. The molecule has 0 aliphatic carbocycles. The van der Waals surface area contributed by atoms with Crippen LogP contribution >= 0.6 is 12.4 Å². The number of halogens is 1. The minimum atomic E-state index is 0. The van der Waals surface area contributed by atoms with E-state index in [4.69, 9.17) is 0 Å². The van der Waals surface area contributed by atoms with E-state index in [2.05, 4.69) is 20.5 Å². The number of nitrogens with zero attached hydrogens (tertiary/aromatic N) is 3. The van der Waals surface area contributed by atoms with Gasteiger partial charge in [-0.15, -0.1) is 12.4 Å². The van der Waals surface area contributed by atoms with Crippen LogP contribution in [0.3, 0.4) is 0 Å². The predicted molar refractivity (Wildman–Crippen MR) is 108 cm³/mol. The molecule has 2 N–H and O–H groups in total. The number of aromatic amines is 1. The van der Waals surface area contributed by atoms with Crippen LogP contribution in [0.1, 0.15) is 43.8 Å². The highest BCUT2D eigenvalue weighted by molar-refractivity contribution is 5.85. The Morgan fingerprint density at radius 2 is 1.93 bits per heavy atom. The average molecular weight is 390 g/mol. The molecule has 0 spiro atoms. The van der Waals surface area contributed by atoms with Gasteiger partial charge >= 0.3 is 0 Å². The van der Waals surface area contributed by atoms with Crippen LogP contribution in [-0.2, 0) is 4.79 Å². The maximum atomic E-state index is 12.5. The molecule has 1 unspecified atom stereocenters. The molecule has 27 heavy (non-hydrogen) atoms. The van der Waals surface area contributed by atoms with E-state index in [0.717, 1.165) is 62.7 Å². The lowest BCUT2D eigenvalue weighted by Gasteiger charge is -2.31. The first-order chi connectivity index (χ1) is 12.8. The fourth-order valence-corrected chi connectivity index (χ4v) is 4.02. The Labute approximate surface area is 166 Å². The van der Waals surface area contributed by atoms with E-state index in [-0.39, 0.29) is 12.4 Å². The third kappa shape index (κ3) is 4.87. The first kappa shape index (κ1) is 19.8. The lowest BCUT2D eigenvalue weighted by atomic mass is 9.95. The highest BCUT2D eigenvalue weighted by Gasteiger charge is 2.26. The monoisotopic (exact) mass is 389 g/mol. The van der Waals surface area contributed by atoms with E-state index in [1.165, 1.54) is 6.42 Å². The highest BCUT2D eigenvalue weighted by atomic mass is 35.5. The summed E-state index contributed by atoms with van der Waals surface area (Å²) in [5, 5.41) is 10.8. The van der Waals surface area contributed by atoms with Gasteiger partial charge in [0.25, 0.3) is 0 Å². The smallest absolute Gasteiger partial charge is 0.222 e. The van der Waals surface area contributed by atoms with Gasteiger partial charge in [0.2, 0.25) is 5.91 Å². The Balaban J connectivity index is 0.00000210. The van der Waals surface area contributed by atoms with Crippen molar-refractivity contribution in [1.82, 2.24) is 25.4 Å². The van der Waals surface area contributed by atoms with Gasteiger partial charge in [-0.25, -0.2) is 4.98 Å². The minimum absolute atomic E-state index is 0. The first-order valence-corrected chi connectivity index (χ1v) is 9.76. The van der Waals surface area contributed by atoms with Crippen molar-refractivity contribution in [3.63, 3.8) is 0 Å². The van der Waals surface area contributed by atoms with Crippen LogP contribution in [-0.4, -0.2) is 52.2 Å². The molecule has 1 aromatic heterocycles. The number of aromatic nitrogens is 3. The molecule has 2 aliphatic rings. The topological polar surface area (TPSA) is 73.9 Å². The third-order valence-electron chi connectivity index (χ3n) is 5.70. The number of carbonyl (C=O) groups excluding carboxylic acids is 1. The number of H-pyrrole nitrogens is 1. The fraction of sp³-hybridized carbons (Fsp3) is 0.550. The summed E-state index contributed by atoms with van der Waals surface area (Å²) in [6.07, 6.45) is 4.84. The average Bonchev–Trinajstić information content (AvgIpc) is 3.39. The number of carbonyl (C=O) groups is 1. The van der Waals surface area contributed by atoms with Crippen molar-refractivity contribution in [3.05, 3.63) is 36.2 Å². The molecule has 4 rings (SSSR count). The summed E-state index contributed by atoms with van der Waals surface area (Å²) in [4.78, 5) is 19.2. The molecule has 7 heteroatoms. The first-order valence-electron chi connectivity index (χ1n) is 9.76. The second-order valence-corrected chi connectivity index (χ2v) is 7.46. The minimum Gasteiger partial charge on any atom is -0.343 e. The fourth-order valence-electron chi connectivity index (χ4n) is 4.02. The molecule has 0 bridgehead atoms. The Morgan fingerprint density at radius 1 is 1.15 bits per heavy atom. The van der Waals surface area contributed by atoms with Crippen molar-refractivity contribution in [2.45, 2.75) is 38.0 Å². The number of nitrogens with one attached hydrogen (secondary N) is 2. The van der Waals surface area contributed by atoms with Gasteiger partial charge in [-0.1, -0.05) is 30.3 Å². The van der Waals surface area contributed by atoms with Gasteiger partial charge in [-0.2, -0.15) is 5.10 Å². The molecule has 2 saturated heterocycles. The second kappa shape index (κ2) is 9.33. The Morgan fingerprint density at radius 3 is 2.63 bits per heavy atom. The van der Waals surface area contributed by atoms with E-state index < -0.39 is 0 Å². The van der Waals surface area contributed by atoms with E-state index in [9.17, 15) is 4.79 Å². The molecule has 1 atom stereocenters. The molecule has 0 saturated carbocycles. The summed E-state index contributed by atoms with van der Waals surface area (Å²) in [5.41, 5.74) is 1.03.